The van der Waals surface area contributed by atoms with Crippen LogP contribution >= 0.6 is 0 Å². The van der Waals surface area contributed by atoms with Gasteiger partial charge in [0.15, 0.2) is 0 Å². The number of rotatable bonds is 13. The Labute approximate surface area is 191 Å². The van der Waals surface area contributed by atoms with Gasteiger partial charge in [-0.05, 0) is 36.8 Å². The van der Waals surface area contributed by atoms with Crippen molar-refractivity contribution in [3.63, 3.8) is 0 Å². The van der Waals surface area contributed by atoms with Crippen LogP contribution in [0.4, 0.5) is 0 Å². The van der Waals surface area contributed by atoms with E-state index in [1.165, 1.54) is 0 Å². The highest BCUT2D eigenvalue weighted by Crippen LogP contribution is 2.09. The van der Waals surface area contributed by atoms with E-state index in [1.807, 2.05) is 60.7 Å². The summed E-state index contributed by atoms with van der Waals surface area (Å²) in [5.41, 5.74) is 8.87. The molecule has 0 atom stereocenters. The van der Waals surface area contributed by atoms with E-state index in [9.17, 15) is 9.59 Å². The third-order valence-electron chi connectivity index (χ3n) is 4.96. The Kier molecular flexibility index (Phi) is 11.5. The Morgan fingerprint density at radius 1 is 0.625 bits per heavy atom. The van der Waals surface area contributed by atoms with E-state index in [1.54, 1.807) is 0 Å². The minimum Gasteiger partial charge on any atom is -0.273 e. The Balaban J connectivity index is 1.88. The van der Waals surface area contributed by atoms with E-state index in [0.29, 0.717) is 0 Å². The van der Waals surface area contributed by atoms with Crippen LogP contribution in [0.5, 0.6) is 0 Å². The number of amides is 2. The summed E-state index contributed by atoms with van der Waals surface area (Å²) < 4.78 is 0. The minimum atomic E-state index is -0.289. The first-order valence-corrected chi connectivity index (χ1v) is 11.5. The fourth-order valence-corrected chi connectivity index (χ4v) is 3.08. The Hall–Kier alpha value is -3.28. The summed E-state index contributed by atoms with van der Waals surface area (Å²) in [6, 6.07) is 19.6. The number of carbonyl (C=O) groups is 2. The van der Waals surface area contributed by atoms with Crippen LogP contribution in [0, 0.1) is 0 Å². The average Bonchev–Trinajstić information content (AvgIpc) is 2.84. The predicted molar refractivity (Wildman–Crippen MR) is 131 cm³/mol. The molecule has 2 aromatic rings. The van der Waals surface area contributed by atoms with Crippen molar-refractivity contribution in [3.8, 4) is 0 Å². The van der Waals surface area contributed by atoms with Gasteiger partial charge in [-0.1, -0.05) is 87.4 Å². The average molecular weight is 435 g/mol. The maximum atomic E-state index is 12.2. The smallest absolute Gasteiger partial charge is 0.240 e. The van der Waals surface area contributed by atoms with Crippen LogP contribution in [0.15, 0.2) is 70.9 Å². The molecule has 0 saturated heterocycles. The molecule has 0 spiro atoms. The van der Waals surface area contributed by atoms with Gasteiger partial charge in [0.25, 0.3) is 0 Å². The van der Waals surface area contributed by atoms with Gasteiger partial charge >= 0.3 is 0 Å². The molecule has 0 radical (unpaired) electrons. The zero-order valence-electron chi connectivity index (χ0n) is 19.1. The summed E-state index contributed by atoms with van der Waals surface area (Å²) in [5, 5.41) is 8.63. The summed E-state index contributed by atoms with van der Waals surface area (Å²) in [5.74, 6) is -0.577. The van der Waals surface area contributed by atoms with Crippen molar-refractivity contribution < 1.29 is 9.59 Å². The van der Waals surface area contributed by atoms with Crippen molar-refractivity contribution in [1.82, 2.24) is 10.9 Å². The molecule has 0 aliphatic rings. The zero-order valence-corrected chi connectivity index (χ0v) is 19.1. The highest BCUT2D eigenvalue weighted by molar-refractivity contribution is 6.01. The maximum Gasteiger partial charge on any atom is 0.240 e. The molecule has 0 aromatic heterocycles. The highest BCUT2D eigenvalue weighted by atomic mass is 16.2. The van der Waals surface area contributed by atoms with Crippen molar-refractivity contribution in [3.05, 3.63) is 71.8 Å². The Bertz CT molecular complexity index is 817. The maximum absolute atomic E-state index is 12.2. The number of hydrogen-bond donors (Lipinski definition) is 2. The van der Waals surface area contributed by atoms with Crippen molar-refractivity contribution in [2.45, 2.75) is 65.2 Å². The molecule has 2 amide bonds. The lowest BCUT2D eigenvalue weighted by atomic mass is 10.1. The number of hydrazone groups is 2. The van der Waals surface area contributed by atoms with Crippen LogP contribution in [0.3, 0.4) is 0 Å². The van der Waals surface area contributed by atoms with E-state index in [4.69, 9.17) is 0 Å². The van der Waals surface area contributed by atoms with Gasteiger partial charge in [0.2, 0.25) is 11.8 Å². The van der Waals surface area contributed by atoms with Crippen LogP contribution in [0.1, 0.15) is 76.3 Å². The molecule has 170 valence electrons. The van der Waals surface area contributed by atoms with Crippen molar-refractivity contribution in [2.75, 3.05) is 0 Å². The van der Waals surface area contributed by atoms with E-state index in [2.05, 4.69) is 34.9 Å². The van der Waals surface area contributed by atoms with E-state index >= 15 is 0 Å². The van der Waals surface area contributed by atoms with Crippen molar-refractivity contribution in [2.24, 2.45) is 10.2 Å². The van der Waals surface area contributed by atoms with Crippen molar-refractivity contribution in [1.29, 1.82) is 0 Å². The van der Waals surface area contributed by atoms with Crippen LogP contribution < -0.4 is 10.9 Å². The molecule has 6 heteroatoms. The van der Waals surface area contributed by atoms with Crippen LogP contribution in [0.2, 0.25) is 0 Å². The topological polar surface area (TPSA) is 82.9 Å². The SMILES string of the molecule is CCCC/C(=N/NC(=O)CCC(=O)N/N=C(/CCCC)c1ccccc1)c1ccccc1. The molecular weight excluding hydrogens is 400 g/mol. The first-order chi connectivity index (χ1) is 15.6. The molecular formula is C26H34N4O2. The quantitative estimate of drug-likeness (QED) is 0.336. The molecule has 2 N–H and O–H groups in total. The van der Waals surface area contributed by atoms with Gasteiger partial charge in [0.05, 0.1) is 11.4 Å². The summed E-state index contributed by atoms with van der Waals surface area (Å²) in [4.78, 5) is 24.4. The normalized spacial score (nSPS) is 11.8. The second kappa shape index (κ2) is 14.7. The Morgan fingerprint density at radius 2 is 1.00 bits per heavy atom. The lowest BCUT2D eigenvalue weighted by molar-refractivity contribution is -0.126. The summed E-state index contributed by atoms with van der Waals surface area (Å²) in [6.45, 7) is 4.24. The molecule has 0 aliphatic heterocycles. The summed E-state index contributed by atoms with van der Waals surface area (Å²) in [7, 11) is 0. The third-order valence-corrected chi connectivity index (χ3v) is 4.96. The molecule has 32 heavy (non-hydrogen) atoms. The first kappa shape index (κ1) is 25.0. The molecule has 0 saturated carbocycles. The second-order valence-electron chi connectivity index (χ2n) is 7.63. The molecule has 0 heterocycles. The molecule has 2 rings (SSSR count). The van der Waals surface area contributed by atoms with E-state index in [-0.39, 0.29) is 24.7 Å². The fourth-order valence-electron chi connectivity index (χ4n) is 3.08. The van der Waals surface area contributed by atoms with Crippen LogP contribution in [0.25, 0.3) is 0 Å². The largest absolute Gasteiger partial charge is 0.273 e. The molecule has 0 bridgehead atoms. The highest BCUT2D eigenvalue weighted by Gasteiger charge is 2.09. The molecule has 0 fully saturated rings. The number of nitrogens with zero attached hydrogens (tertiary/aromatic N) is 2. The first-order valence-electron chi connectivity index (χ1n) is 11.5. The number of carbonyl (C=O) groups excluding carboxylic acids is 2. The molecule has 2 aromatic carbocycles. The fraction of sp³-hybridized carbons (Fsp3) is 0.385. The lowest BCUT2D eigenvalue weighted by Gasteiger charge is -2.08. The van der Waals surface area contributed by atoms with Gasteiger partial charge < -0.3 is 0 Å². The molecule has 0 aliphatic carbocycles. The minimum absolute atomic E-state index is 0.0519. The standard InChI is InChI=1S/C26H34N4O2/c1-3-5-17-23(21-13-9-7-10-14-21)27-29-25(31)19-20-26(32)30-28-24(18-6-4-2)22-15-11-8-12-16-22/h7-16H,3-6,17-20H2,1-2H3,(H,29,31)(H,30,32)/b27-23-,28-24-. The van der Waals surface area contributed by atoms with Gasteiger partial charge in [-0.25, -0.2) is 10.9 Å². The van der Waals surface area contributed by atoms with E-state index in [0.717, 1.165) is 61.1 Å². The summed E-state index contributed by atoms with van der Waals surface area (Å²) in [6.07, 6.45) is 5.75. The van der Waals surface area contributed by atoms with Crippen LogP contribution in [-0.2, 0) is 9.59 Å². The van der Waals surface area contributed by atoms with Crippen molar-refractivity contribution >= 4 is 23.2 Å². The number of nitrogens with one attached hydrogen (secondary N) is 2. The van der Waals surface area contributed by atoms with Gasteiger partial charge in [0.1, 0.15) is 0 Å². The third kappa shape index (κ3) is 9.25. The molecule has 0 unspecified atom stereocenters. The van der Waals surface area contributed by atoms with E-state index < -0.39 is 0 Å². The van der Waals surface area contributed by atoms with Gasteiger partial charge in [-0.15, -0.1) is 0 Å². The second-order valence-corrected chi connectivity index (χ2v) is 7.63. The predicted octanol–water partition coefficient (Wildman–Crippen LogP) is 5.19. The zero-order chi connectivity index (χ0) is 23.0. The molecule has 6 nitrogen and oxygen atoms in total. The van der Waals surface area contributed by atoms with Gasteiger partial charge in [-0.3, -0.25) is 9.59 Å². The number of benzene rings is 2. The number of hydrogen-bond acceptors (Lipinski definition) is 4. The van der Waals surface area contributed by atoms with Gasteiger partial charge in [0, 0.05) is 12.8 Å². The van der Waals surface area contributed by atoms with Gasteiger partial charge in [-0.2, -0.15) is 10.2 Å². The Morgan fingerprint density at radius 3 is 1.34 bits per heavy atom. The monoisotopic (exact) mass is 434 g/mol. The van der Waals surface area contributed by atoms with Crippen LogP contribution in [-0.4, -0.2) is 23.2 Å². The lowest BCUT2D eigenvalue weighted by Crippen LogP contribution is -2.24. The summed E-state index contributed by atoms with van der Waals surface area (Å²) >= 11 is 0. The number of unbranched alkanes of at least 4 members (excludes halogenated alkanes) is 2.